The summed E-state index contributed by atoms with van der Waals surface area (Å²) in [6, 6.07) is 0. The molecule has 46 heavy (non-hydrogen) atoms. The minimum absolute atomic E-state index is 0.0200. The first-order valence-corrected chi connectivity index (χ1v) is 17.4. The number of carbonyl (C=O) groups is 1. The number of aliphatic hydroxyl groups is 2. The minimum atomic E-state index is -4.83. The number of carbonyl (C=O) groups excluding carboxylic acids is 1. The highest BCUT2D eigenvalue weighted by molar-refractivity contribution is 5.99. The third-order valence-electron chi connectivity index (χ3n) is 11.3. The van der Waals surface area contributed by atoms with Crippen molar-refractivity contribution in [2.75, 3.05) is 59.7 Å². The lowest BCUT2D eigenvalue weighted by Crippen LogP contribution is -2.67. The second-order valence-electron chi connectivity index (χ2n) is 15.1. The molecule has 258 valence electrons. The fraction of sp³-hybridized carbons (Fsp3) is 0.800. The van der Waals surface area contributed by atoms with Gasteiger partial charge in [0.25, 0.3) is 5.91 Å². The normalized spacial score (nSPS) is 29.7. The van der Waals surface area contributed by atoms with E-state index in [-0.39, 0.29) is 60.8 Å². The SMILES string of the molecule is COC1(C(F)(F)F)CC=CC2=C1C(C(=O)N(CC1CCCCCC1)CC1CCCCCC1)=C[N+]2(CC1(O)COC1)CC1(O)COC1. The van der Waals surface area contributed by atoms with Gasteiger partial charge in [-0.3, -0.25) is 9.28 Å². The highest BCUT2D eigenvalue weighted by atomic mass is 19.4. The van der Waals surface area contributed by atoms with E-state index in [4.69, 9.17) is 14.2 Å². The lowest BCUT2D eigenvalue weighted by atomic mass is 9.80. The number of hydrogen-bond donors (Lipinski definition) is 2. The van der Waals surface area contributed by atoms with Gasteiger partial charge < -0.3 is 29.3 Å². The van der Waals surface area contributed by atoms with Gasteiger partial charge in [-0.2, -0.15) is 13.2 Å². The monoisotopic (exact) mass is 653 g/mol. The van der Waals surface area contributed by atoms with E-state index in [1.54, 1.807) is 12.3 Å². The summed E-state index contributed by atoms with van der Waals surface area (Å²) in [5.41, 5.74) is -5.37. The maximum atomic E-state index is 15.3. The minimum Gasteiger partial charge on any atom is -0.379 e. The van der Waals surface area contributed by atoms with Crippen molar-refractivity contribution in [1.29, 1.82) is 0 Å². The van der Waals surface area contributed by atoms with Crippen molar-refractivity contribution in [3.8, 4) is 0 Å². The first kappa shape index (κ1) is 34.1. The van der Waals surface area contributed by atoms with E-state index in [0.717, 1.165) is 58.5 Å². The Morgan fingerprint density at radius 3 is 1.76 bits per heavy atom. The summed E-state index contributed by atoms with van der Waals surface area (Å²) < 4.78 is 61.7. The lowest BCUT2D eigenvalue weighted by molar-refractivity contribution is -0.855. The fourth-order valence-corrected chi connectivity index (χ4v) is 8.91. The molecule has 0 aromatic heterocycles. The second-order valence-corrected chi connectivity index (χ2v) is 15.1. The van der Waals surface area contributed by atoms with Crippen LogP contribution in [0.1, 0.15) is 83.5 Å². The molecule has 1 unspecified atom stereocenters. The van der Waals surface area contributed by atoms with Gasteiger partial charge in [-0.15, -0.1) is 0 Å². The third kappa shape index (κ3) is 6.61. The number of allylic oxidation sites excluding steroid dienone is 1. The van der Waals surface area contributed by atoms with Crippen LogP contribution in [0.4, 0.5) is 13.2 Å². The molecule has 3 aliphatic heterocycles. The number of alkyl halides is 3. The summed E-state index contributed by atoms with van der Waals surface area (Å²) in [5, 5.41) is 22.8. The third-order valence-corrected chi connectivity index (χ3v) is 11.3. The van der Waals surface area contributed by atoms with Gasteiger partial charge in [0.15, 0.2) is 16.8 Å². The first-order valence-electron chi connectivity index (χ1n) is 17.4. The van der Waals surface area contributed by atoms with Crippen LogP contribution in [-0.2, 0) is 19.0 Å². The lowest BCUT2D eigenvalue weighted by Gasteiger charge is -2.49. The molecule has 2 saturated carbocycles. The molecule has 6 aliphatic rings. The van der Waals surface area contributed by atoms with Crippen molar-refractivity contribution in [3.63, 3.8) is 0 Å². The quantitative estimate of drug-likeness (QED) is 0.251. The Labute approximate surface area is 270 Å². The van der Waals surface area contributed by atoms with Crippen molar-refractivity contribution in [1.82, 2.24) is 4.90 Å². The van der Waals surface area contributed by atoms with Crippen LogP contribution in [-0.4, -0.2) is 108 Å². The van der Waals surface area contributed by atoms with E-state index < -0.39 is 35.3 Å². The number of methoxy groups -OCH3 is 1. The molecule has 0 spiro atoms. The van der Waals surface area contributed by atoms with Gasteiger partial charge >= 0.3 is 6.18 Å². The fourth-order valence-electron chi connectivity index (χ4n) is 8.91. The highest BCUT2D eigenvalue weighted by Crippen LogP contribution is 2.54. The Bertz CT molecular complexity index is 1160. The maximum absolute atomic E-state index is 15.3. The predicted octanol–water partition coefficient (Wildman–Crippen LogP) is 5.15. The zero-order valence-corrected chi connectivity index (χ0v) is 27.3. The largest absolute Gasteiger partial charge is 0.422 e. The van der Waals surface area contributed by atoms with Crippen molar-refractivity contribution in [2.24, 2.45) is 11.8 Å². The summed E-state index contributed by atoms with van der Waals surface area (Å²) in [4.78, 5) is 16.9. The molecule has 0 aromatic rings. The molecule has 3 heterocycles. The average Bonchev–Trinajstić information content (AvgIpc) is 3.22. The topological polar surface area (TPSA) is 88.5 Å². The van der Waals surface area contributed by atoms with E-state index in [2.05, 4.69) is 0 Å². The van der Waals surface area contributed by atoms with Crippen LogP contribution in [0.25, 0.3) is 0 Å². The van der Waals surface area contributed by atoms with Gasteiger partial charge in [0, 0.05) is 26.6 Å². The molecule has 0 bridgehead atoms. The van der Waals surface area contributed by atoms with Gasteiger partial charge in [-0.1, -0.05) is 57.4 Å². The number of halogens is 3. The van der Waals surface area contributed by atoms with E-state index in [9.17, 15) is 10.2 Å². The van der Waals surface area contributed by atoms with Gasteiger partial charge in [-0.25, -0.2) is 0 Å². The Hall–Kier alpha value is -1.76. The van der Waals surface area contributed by atoms with Gasteiger partial charge in [0.05, 0.1) is 32.0 Å². The summed E-state index contributed by atoms with van der Waals surface area (Å²) in [6.45, 7) is 1.05. The number of hydrogen-bond acceptors (Lipinski definition) is 6. The standard InChI is InChI=1S/C35H52F3N2O6/c1-44-34(35(36,37)38)16-10-15-29-30(34)28(19-40(29,20-32(42)22-45-23-32)21-33(43)24-46-25-33)31(41)39(17-26-11-6-2-3-7-12-26)18-27-13-8-4-5-9-14-27/h10,15,19,26-27,42-43H,2-9,11-14,16-18,20-25H2,1H3/q+1. The van der Waals surface area contributed by atoms with Gasteiger partial charge in [0.2, 0.25) is 0 Å². The smallest absolute Gasteiger partial charge is 0.379 e. The number of rotatable bonds is 10. The number of amides is 1. The van der Waals surface area contributed by atoms with Crippen LogP contribution in [0.15, 0.2) is 35.2 Å². The maximum Gasteiger partial charge on any atom is 0.422 e. The summed E-state index contributed by atoms with van der Waals surface area (Å²) in [7, 11) is 1.06. The van der Waals surface area contributed by atoms with Crippen LogP contribution in [0.2, 0.25) is 0 Å². The van der Waals surface area contributed by atoms with Crippen LogP contribution >= 0.6 is 0 Å². The van der Waals surface area contributed by atoms with Gasteiger partial charge in [-0.05, 0) is 43.6 Å². The molecule has 6 rings (SSSR count). The number of nitrogens with zero attached hydrogens (tertiary/aromatic N) is 2. The molecular formula is C35H52F3N2O6+. The van der Waals surface area contributed by atoms with E-state index >= 15 is 18.0 Å². The Morgan fingerprint density at radius 1 is 0.891 bits per heavy atom. The molecule has 2 N–H and O–H groups in total. The van der Waals surface area contributed by atoms with Crippen LogP contribution in [0, 0.1) is 11.8 Å². The van der Waals surface area contributed by atoms with E-state index in [1.807, 2.05) is 4.90 Å². The average molecular weight is 654 g/mol. The van der Waals surface area contributed by atoms with E-state index in [1.165, 1.54) is 31.8 Å². The first-order chi connectivity index (χ1) is 21.9. The van der Waals surface area contributed by atoms with Crippen LogP contribution in [0.5, 0.6) is 0 Å². The van der Waals surface area contributed by atoms with E-state index in [0.29, 0.717) is 24.9 Å². The highest BCUT2D eigenvalue weighted by Gasteiger charge is 2.66. The Balaban J connectivity index is 1.46. The molecule has 0 radical (unpaired) electrons. The molecule has 8 nitrogen and oxygen atoms in total. The molecule has 1 amide bonds. The zero-order chi connectivity index (χ0) is 32.6. The molecule has 1 atom stereocenters. The molecule has 2 saturated heterocycles. The van der Waals surface area contributed by atoms with Crippen molar-refractivity contribution < 1.29 is 46.9 Å². The molecule has 0 aromatic carbocycles. The number of quaternary nitrogens is 1. The van der Waals surface area contributed by atoms with Crippen molar-refractivity contribution in [2.45, 2.75) is 106 Å². The predicted molar refractivity (Wildman–Crippen MR) is 165 cm³/mol. The summed E-state index contributed by atoms with van der Waals surface area (Å²) >= 11 is 0. The van der Waals surface area contributed by atoms with Crippen LogP contribution in [0.3, 0.4) is 0 Å². The summed E-state index contributed by atoms with van der Waals surface area (Å²) in [5.74, 6) is 0.193. The van der Waals surface area contributed by atoms with Crippen molar-refractivity contribution in [3.05, 3.63) is 35.2 Å². The Kier molecular flexibility index (Phi) is 9.84. The molecule has 4 fully saturated rings. The summed E-state index contributed by atoms with van der Waals surface area (Å²) in [6.07, 6.45) is 12.5. The molecular weight excluding hydrogens is 601 g/mol. The Morgan fingerprint density at radius 2 is 1.37 bits per heavy atom. The van der Waals surface area contributed by atoms with Crippen molar-refractivity contribution >= 4 is 5.91 Å². The molecule has 11 heteroatoms. The van der Waals surface area contributed by atoms with Crippen LogP contribution < -0.4 is 0 Å². The zero-order valence-electron chi connectivity index (χ0n) is 27.3. The number of ether oxygens (including phenoxy) is 3. The molecule has 3 aliphatic carbocycles. The second kappa shape index (κ2) is 13.3. The van der Waals surface area contributed by atoms with Gasteiger partial charge in [0.1, 0.15) is 30.6 Å².